The highest BCUT2D eigenvalue weighted by atomic mass is 16.1. The Hall–Kier alpha value is -3.09. The van der Waals surface area contributed by atoms with Gasteiger partial charge in [0.2, 0.25) is 0 Å². The van der Waals surface area contributed by atoms with E-state index in [4.69, 9.17) is 0 Å². The quantitative estimate of drug-likeness (QED) is 0.763. The fourth-order valence-electron chi connectivity index (χ4n) is 1.95. The molecule has 0 unspecified atom stereocenters. The van der Waals surface area contributed by atoms with E-state index in [-0.39, 0.29) is 5.91 Å². The van der Waals surface area contributed by atoms with Crippen LogP contribution >= 0.6 is 0 Å². The van der Waals surface area contributed by atoms with E-state index in [0.717, 1.165) is 11.3 Å². The first-order valence-electron chi connectivity index (χ1n) is 6.81. The number of rotatable bonds is 5. The molecule has 0 radical (unpaired) electrons. The second kappa shape index (κ2) is 6.57. The van der Waals surface area contributed by atoms with Gasteiger partial charge in [-0.1, -0.05) is 0 Å². The number of carbonyl (C=O) groups is 1. The molecule has 1 amide bonds. The van der Waals surface area contributed by atoms with E-state index in [1.54, 1.807) is 17.1 Å². The monoisotopic (exact) mass is 294 g/mol. The van der Waals surface area contributed by atoms with Crippen molar-refractivity contribution in [2.75, 3.05) is 6.54 Å². The summed E-state index contributed by atoms with van der Waals surface area (Å²) in [5, 5.41) is 7.24. The Morgan fingerprint density at radius 3 is 2.73 bits per heavy atom. The average Bonchev–Trinajstić information content (AvgIpc) is 3.05. The highest BCUT2D eigenvalue weighted by Crippen LogP contribution is 2.14. The lowest BCUT2D eigenvalue weighted by molar-refractivity contribution is 0.0946. The molecule has 0 spiro atoms. The summed E-state index contributed by atoms with van der Waals surface area (Å²) >= 11 is 0. The molecule has 0 atom stereocenters. The molecule has 0 saturated carbocycles. The molecule has 0 aliphatic heterocycles. The molecule has 0 aromatic carbocycles. The summed E-state index contributed by atoms with van der Waals surface area (Å²) in [5.74, 6) is -0.241. The van der Waals surface area contributed by atoms with Gasteiger partial charge >= 0.3 is 0 Å². The third kappa shape index (κ3) is 3.32. The van der Waals surface area contributed by atoms with Crippen molar-refractivity contribution in [3.05, 3.63) is 61.1 Å². The van der Waals surface area contributed by atoms with Crippen molar-refractivity contribution in [2.45, 2.75) is 6.54 Å². The number of pyridine rings is 1. The summed E-state index contributed by atoms with van der Waals surface area (Å²) in [6.07, 6.45) is 9.80. The molecule has 0 aliphatic carbocycles. The zero-order valence-corrected chi connectivity index (χ0v) is 11.8. The molecule has 3 aromatic rings. The summed E-state index contributed by atoms with van der Waals surface area (Å²) in [5.41, 5.74) is 2.19. The lowest BCUT2D eigenvalue weighted by Crippen LogP contribution is -2.28. The van der Waals surface area contributed by atoms with Crippen LogP contribution < -0.4 is 5.32 Å². The predicted octanol–water partition coefficient (Wildman–Crippen LogP) is 1.17. The van der Waals surface area contributed by atoms with E-state index in [9.17, 15) is 4.79 Å². The molecule has 0 bridgehead atoms. The molecule has 1 N–H and O–H groups in total. The van der Waals surface area contributed by atoms with Crippen molar-refractivity contribution in [3.8, 4) is 11.3 Å². The van der Waals surface area contributed by atoms with Crippen LogP contribution in [0.15, 0.2) is 55.4 Å². The average molecular weight is 294 g/mol. The van der Waals surface area contributed by atoms with Crippen LogP contribution in [0.25, 0.3) is 11.3 Å². The SMILES string of the molecule is O=C(NCCn1ccc(-c2ccncc2)n1)c1cnccn1. The minimum atomic E-state index is -0.241. The van der Waals surface area contributed by atoms with Gasteiger partial charge < -0.3 is 5.32 Å². The summed E-state index contributed by atoms with van der Waals surface area (Å²) in [4.78, 5) is 23.6. The van der Waals surface area contributed by atoms with E-state index in [1.807, 2.05) is 24.4 Å². The van der Waals surface area contributed by atoms with E-state index >= 15 is 0 Å². The van der Waals surface area contributed by atoms with Crippen LogP contribution in [0.4, 0.5) is 0 Å². The zero-order valence-electron chi connectivity index (χ0n) is 11.8. The fraction of sp³-hybridized carbons (Fsp3) is 0.133. The van der Waals surface area contributed by atoms with Crippen molar-refractivity contribution in [3.63, 3.8) is 0 Å². The third-order valence-corrected chi connectivity index (χ3v) is 3.04. The van der Waals surface area contributed by atoms with Gasteiger partial charge in [0, 0.05) is 43.1 Å². The minimum Gasteiger partial charge on any atom is -0.349 e. The minimum absolute atomic E-state index is 0.241. The molecule has 7 heteroatoms. The summed E-state index contributed by atoms with van der Waals surface area (Å²) in [6.45, 7) is 1.05. The molecule has 0 fully saturated rings. The van der Waals surface area contributed by atoms with Crippen LogP contribution in [-0.2, 0) is 6.54 Å². The van der Waals surface area contributed by atoms with E-state index in [0.29, 0.717) is 18.8 Å². The predicted molar refractivity (Wildman–Crippen MR) is 79.8 cm³/mol. The van der Waals surface area contributed by atoms with Crippen molar-refractivity contribution in [1.82, 2.24) is 30.0 Å². The van der Waals surface area contributed by atoms with Gasteiger partial charge in [0.25, 0.3) is 5.91 Å². The Balaban J connectivity index is 1.55. The van der Waals surface area contributed by atoms with E-state index < -0.39 is 0 Å². The number of carbonyl (C=O) groups excluding carboxylic acids is 1. The highest BCUT2D eigenvalue weighted by molar-refractivity contribution is 5.91. The smallest absolute Gasteiger partial charge is 0.271 e. The van der Waals surface area contributed by atoms with E-state index in [2.05, 4.69) is 25.4 Å². The van der Waals surface area contributed by atoms with E-state index in [1.165, 1.54) is 18.6 Å². The second-order valence-corrected chi connectivity index (χ2v) is 4.55. The number of hydrogen-bond donors (Lipinski definition) is 1. The Bertz CT molecular complexity index is 741. The topological polar surface area (TPSA) is 85.6 Å². The Kier molecular flexibility index (Phi) is 4.15. The molecular weight excluding hydrogens is 280 g/mol. The first-order chi connectivity index (χ1) is 10.8. The van der Waals surface area contributed by atoms with Crippen LogP contribution in [-0.4, -0.2) is 37.2 Å². The molecule has 7 nitrogen and oxygen atoms in total. The summed E-state index contributed by atoms with van der Waals surface area (Å²) < 4.78 is 1.78. The molecule has 110 valence electrons. The Labute approximate surface area is 127 Å². The fourth-order valence-corrected chi connectivity index (χ4v) is 1.95. The Morgan fingerprint density at radius 1 is 1.09 bits per heavy atom. The van der Waals surface area contributed by atoms with Gasteiger partial charge in [-0.05, 0) is 18.2 Å². The van der Waals surface area contributed by atoms with Gasteiger partial charge in [0.15, 0.2) is 0 Å². The molecule has 22 heavy (non-hydrogen) atoms. The highest BCUT2D eigenvalue weighted by Gasteiger charge is 2.06. The number of nitrogens with one attached hydrogen (secondary N) is 1. The third-order valence-electron chi connectivity index (χ3n) is 3.04. The first-order valence-corrected chi connectivity index (χ1v) is 6.81. The molecule has 3 heterocycles. The number of amides is 1. The maximum absolute atomic E-state index is 11.8. The molecule has 0 saturated heterocycles. The van der Waals surface area contributed by atoms with Gasteiger partial charge in [-0.3, -0.25) is 19.4 Å². The molecular formula is C15H14N6O. The standard InChI is InChI=1S/C15H14N6O/c22-15(14-11-17-6-7-18-14)19-8-10-21-9-3-13(20-21)12-1-4-16-5-2-12/h1-7,9,11H,8,10H2,(H,19,22). The van der Waals surface area contributed by atoms with Crippen LogP contribution in [0, 0.1) is 0 Å². The maximum atomic E-state index is 11.8. The number of aromatic nitrogens is 5. The van der Waals surface area contributed by atoms with Crippen molar-refractivity contribution < 1.29 is 4.79 Å². The largest absolute Gasteiger partial charge is 0.349 e. The lowest BCUT2D eigenvalue weighted by atomic mass is 10.2. The van der Waals surface area contributed by atoms with Crippen LogP contribution in [0.1, 0.15) is 10.5 Å². The molecule has 3 aromatic heterocycles. The van der Waals surface area contributed by atoms with Crippen LogP contribution in [0.3, 0.4) is 0 Å². The number of nitrogens with zero attached hydrogens (tertiary/aromatic N) is 5. The van der Waals surface area contributed by atoms with Gasteiger partial charge in [0.1, 0.15) is 5.69 Å². The first kappa shape index (κ1) is 13.9. The summed E-state index contributed by atoms with van der Waals surface area (Å²) in [7, 11) is 0. The second-order valence-electron chi connectivity index (χ2n) is 4.55. The van der Waals surface area contributed by atoms with Crippen molar-refractivity contribution in [1.29, 1.82) is 0 Å². The maximum Gasteiger partial charge on any atom is 0.271 e. The summed E-state index contributed by atoms with van der Waals surface area (Å²) in [6, 6.07) is 5.74. The van der Waals surface area contributed by atoms with Crippen molar-refractivity contribution >= 4 is 5.91 Å². The van der Waals surface area contributed by atoms with Crippen LogP contribution in [0.2, 0.25) is 0 Å². The zero-order chi connectivity index (χ0) is 15.2. The van der Waals surface area contributed by atoms with Crippen molar-refractivity contribution in [2.24, 2.45) is 0 Å². The Morgan fingerprint density at radius 2 is 1.95 bits per heavy atom. The van der Waals surface area contributed by atoms with Gasteiger partial charge in [-0.25, -0.2) is 4.98 Å². The van der Waals surface area contributed by atoms with Gasteiger partial charge in [0.05, 0.1) is 18.4 Å². The lowest BCUT2D eigenvalue weighted by Gasteiger charge is -2.04. The number of hydrogen-bond acceptors (Lipinski definition) is 5. The van der Waals surface area contributed by atoms with Crippen LogP contribution in [0.5, 0.6) is 0 Å². The normalized spacial score (nSPS) is 10.4. The van der Waals surface area contributed by atoms with Gasteiger partial charge in [-0.15, -0.1) is 0 Å². The molecule has 0 aliphatic rings. The van der Waals surface area contributed by atoms with Gasteiger partial charge in [-0.2, -0.15) is 5.10 Å². The molecule has 3 rings (SSSR count).